The van der Waals surface area contributed by atoms with Crippen LogP contribution in [0.15, 0.2) is 17.0 Å². The summed E-state index contributed by atoms with van der Waals surface area (Å²) < 4.78 is 7.25. The van der Waals surface area contributed by atoms with E-state index in [1.807, 2.05) is 24.7 Å². The van der Waals surface area contributed by atoms with Gasteiger partial charge in [-0.2, -0.15) is 0 Å². The smallest absolute Gasteiger partial charge is 0.257 e. The summed E-state index contributed by atoms with van der Waals surface area (Å²) in [6.07, 6.45) is 4.33. The molecule has 0 aromatic carbocycles. The first-order chi connectivity index (χ1) is 11.0. The summed E-state index contributed by atoms with van der Waals surface area (Å²) >= 11 is 0. The van der Waals surface area contributed by atoms with Crippen LogP contribution in [0, 0.1) is 6.92 Å². The van der Waals surface area contributed by atoms with Crippen molar-refractivity contribution >= 4 is 5.91 Å². The van der Waals surface area contributed by atoms with Crippen molar-refractivity contribution in [3.63, 3.8) is 0 Å². The van der Waals surface area contributed by atoms with E-state index in [1.165, 1.54) is 0 Å². The van der Waals surface area contributed by atoms with Gasteiger partial charge in [-0.15, -0.1) is 0 Å². The number of nitrogens with zero attached hydrogens (tertiary/aromatic N) is 4. The largest absolute Gasteiger partial charge is 0.360 e. The van der Waals surface area contributed by atoms with Crippen LogP contribution in [-0.4, -0.2) is 51.7 Å². The Kier molecular flexibility index (Phi) is 4.21. The second-order valence-corrected chi connectivity index (χ2v) is 6.26. The third-order valence-electron chi connectivity index (χ3n) is 4.53. The molecule has 1 aliphatic heterocycles. The van der Waals surface area contributed by atoms with Crippen LogP contribution in [0.3, 0.4) is 0 Å². The minimum atomic E-state index is -0.104. The number of hydrogen-bond donors (Lipinski definition) is 1. The van der Waals surface area contributed by atoms with Crippen LogP contribution in [0.4, 0.5) is 0 Å². The maximum Gasteiger partial charge on any atom is 0.257 e. The van der Waals surface area contributed by atoms with Crippen LogP contribution in [0.5, 0.6) is 0 Å². The second kappa shape index (κ2) is 6.16. The number of carbonyl (C=O) groups is 1. The lowest BCUT2D eigenvalue weighted by Crippen LogP contribution is -2.40. The average molecular weight is 317 g/mol. The highest BCUT2D eigenvalue weighted by atomic mass is 16.5. The highest BCUT2D eigenvalue weighted by Crippen LogP contribution is 2.27. The first kappa shape index (κ1) is 15.7. The Morgan fingerprint density at radius 1 is 1.43 bits per heavy atom. The predicted molar refractivity (Wildman–Crippen MR) is 85.3 cm³/mol. The molecule has 2 aromatic heterocycles. The highest BCUT2D eigenvalue weighted by Gasteiger charge is 2.35. The summed E-state index contributed by atoms with van der Waals surface area (Å²) in [5, 5.41) is 7.09. The van der Waals surface area contributed by atoms with E-state index in [4.69, 9.17) is 4.52 Å². The van der Waals surface area contributed by atoms with E-state index in [0.717, 1.165) is 18.8 Å². The van der Waals surface area contributed by atoms with E-state index in [-0.39, 0.29) is 17.9 Å². The van der Waals surface area contributed by atoms with Crippen LogP contribution in [0.25, 0.3) is 0 Å². The molecule has 0 unspecified atom stereocenters. The SMILES string of the molecule is CCc1onc(C)c1C(=O)N[C@@H]1CN(C)C[C@H]1c1cncn1C. The molecule has 124 valence electrons. The van der Waals surface area contributed by atoms with Gasteiger partial charge in [0.05, 0.1) is 18.1 Å². The lowest BCUT2D eigenvalue weighted by molar-refractivity contribution is 0.0933. The van der Waals surface area contributed by atoms with Crippen LogP contribution < -0.4 is 5.32 Å². The van der Waals surface area contributed by atoms with Crippen molar-refractivity contribution in [2.45, 2.75) is 32.2 Å². The molecule has 1 N–H and O–H groups in total. The van der Waals surface area contributed by atoms with Gasteiger partial charge in [0.15, 0.2) is 0 Å². The number of imidazole rings is 1. The summed E-state index contributed by atoms with van der Waals surface area (Å²) in [5.74, 6) is 0.762. The standard InChI is InChI=1S/C16H23N5O2/c1-5-14-15(10(2)19-23-14)16(22)18-12-8-20(3)7-11(12)13-6-17-9-21(13)4/h6,9,11-12H,5,7-8H2,1-4H3,(H,18,22)/t11-,12-/m1/s1. The molecule has 0 spiro atoms. The summed E-state index contributed by atoms with van der Waals surface area (Å²) in [6, 6.07) is 0.0434. The monoisotopic (exact) mass is 317 g/mol. The first-order valence-electron chi connectivity index (χ1n) is 7.92. The van der Waals surface area contributed by atoms with Crippen LogP contribution in [0.1, 0.15) is 40.3 Å². The Bertz CT molecular complexity index is 705. The van der Waals surface area contributed by atoms with Gasteiger partial charge in [-0.3, -0.25) is 4.79 Å². The molecule has 1 saturated heterocycles. The average Bonchev–Trinajstić information content (AvgIpc) is 3.18. The quantitative estimate of drug-likeness (QED) is 0.914. The fourth-order valence-electron chi connectivity index (χ4n) is 3.36. The molecule has 0 saturated carbocycles. The number of likely N-dealkylation sites (tertiary alicyclic amines) is 1. The summed E-state index contributed by atoms with van der Waals surface area (Å²) in [6.45, 7) is 5.47. The molecular weight excluding hydrogens is 294 g/mol. The molecule has 7 heteroatoms. The molecule has 3 rings (SSSR count). The van der Waals surface area contributed by atoms with Gasteiger partial charge in [0.25, 0.3) is 5.91 Å². The number of nitrogens with one attached hydrogen (secondary N) is 1. The molecule has 0 radical (unpaired) electrons. The minimum Gasteiger partial charge on any atom is -0.360 e. The highest BCUT2D eigenvalue weighted by molar-refractivity contribution is 5.96. The molecule has 23 heavy (non-hydrogen) atoms. The molecule has 2 atom stereocenters. The van der Waals surface area contributed by atoms with Crippen molar-refractivity contribution in [1.82, 2.24) is 24.9 Å². The van der Waals surface area contributed by atoms with E-state index in [0.29, 0.717) is 23.4 Å². The maximum absolute atomic E-state index is 12.7. The van der Waals surface area contributed by atoms with Crippen LogP contribution in [0.2, 0.25) is 0 Å². The molecule has 1 fully saturated rings. The van der Waals surface area contributed by atoms with Crippen molar-refractivity contribution in [1.29, 1.82) is 0 Å². The maximum atomic E-state index is 12.7. The molecule has 1 amide bonds. The predicted octanol–water partition coefficient (Wildman–Crippen LogP) is 1.11. The number of amides is 1. The van der Waals surface area contributed by atoms with E-state index in [1.54, 1.807) is 13.3 Å². The van der Waals surface area contributed by atoms with Gasteiger partial charge in [-0.25, -0.2) is 4.98 Å². The molecule has 0 bridgehead atoms. The van der Waals surface area contributed by atoms with Crippen LogP contribution in [-0.2, 0) is 13.5 Å². The van der Waals surface area contributed by atoms with E-state index in [9.17, 15) is 4.79 Å². The van der Waals surface area contributed by atoms with E-state index < -0.39 is 0 Å². The molecular formula is C16H23N5O2. The zero-order valence-corrected chi connectivity index (χ0v) is 14.0. The molecule has 2 aromatic rings. The van der Waals surface area contributed by atoms with Crippen molar-refractivity contribution in [2.24, 2.45) is 7.05 Å². The normalized spacial score (nSPS) is 21.7. The van der Waals surface area contributed by atoms with Gasteiger partial charge in [-0.1, -0.05) is 12.1 Å². The Labute approximate surface area is 135 Å². The lowest BCUT2D eigenvalue weighted by Gasteiger charge is -2.20. The molecule has 7 nitrogen and oxygen atoms in total. The summed E-state index contributed by atoms with van der Waals surface area (Å²) in [4.78, 5) is 19.1. The van der Waals surface area contributed by atoms with Crippen LogP contribution >= 0.6 is 0 Å². The topological polar surface area (TPSA) is 76.2 Å². The Hall–Kier alpha value is -2.15. The van der Waals surface area contributed by atoms with Gasteiger partial charge in [0, 0.05) is 44.4 Å². The third-order valence-corrected chi connectivity index (χ3v) is 4.53. The molecule has 3 heterocycles. The molecule has 0 aliphatic carbocycles. The van der Waals surface area contributed by atoms with Crippen molar-refractivity contribution in [2.75, 3.05) is 20.1 Å². The van der Waals surface area contributed by atoms with E-state index in [2.05, 4.69) is 27.4 Å². The lowest BCUT2D eigenvalue weighted by atomic mass is 9.99. The van der Waals surface area contributed by atoms with Gasteiger partial charge in [0.1, 0.15) is 11.3 Å². The number of carbonyl (C=O) groups excluding carboxylic acids is 1. The number of rotatable bonds is 4. The van der Waals surface area contributed by atoms with Crippen molar-refractivity contribution in [3.05, 3.63) is 35.2 Å². The fraction of sp³-hybridized carbons (Fsp3) is 0.562. The van der Waals surface area contributed by atoms with Gasteiger partial charge >= 0.3 is 0 Å². The van der Waals surface area contributed by atoms with E-state index >= 15 is 0 Å². The minimum absolute atomic E-state index is 0.0434. The number of aryl methyl sites for hydroxylation is 3. The molecule has 1 aliphatic rings. The number of aromatic nitrogens is 3. The van der Waals surface area contributed by atoms with Gasteiger partial charge in [0.2, 0.25) is 0 Å². The Morgan fingerprint density at radius 2 is 2.22 bits per heavy atom. The number of likely N-dealkylation sites (N-methyl/N-ethyl adjacent to an activating group) is 1. The third kappa shape index (κ3) is 2.88. The summed E-state index contributed by atoms with van der Waals surface area (Å²) in [7, 11) is 4.05. The van der Waals surface area contributed by atoms with Gasteiger partial charge < -0.3 is 19.3 Å². The Balaban J connectivity index is 1.82. The second-order valence-electron chi connectivity index (χ2n) is 6.26. The number of hydrogen-bond acceptors (Lipinski definition) is 5. The Morgan fingerprint density at radius 3 is 2.87 bits per heavy atom. The van der Waals surface area contributed by atoms with Crippen molar-refractivity contribution in [3.8, 4) is 0 Å². The van der Waals surface area contributed by atoms with Crippen molar-refractivity contribution < 1.29 is 9.32 Å². The fourth-order valence-corrected chi connectivity index (χ4v) is 3.36. The zero-order chi connectivity index (χ0) is 16.6. The van der Waals surface area contributed by atoms with Gasteiger partial charge in [-0.05, 0) is 14.0 Å². The first-order valence-corrected chi connectivity index (χ1v) is 7.92. The zero-order valence-electron chi connectivity index (χ0n) is 14.0. The summed E-state index contributed by atoms with van der Waals surface area (Å²) in [5.41, 5.74) is 2.35.